The van der Waals surface area contributed by atoms with Gasteiger partial charge >= 0.3 is 0 Å². The van der Waals surface area contributed by atoms with Crippen LogP contribution in [0.3, 0.4) is 0 Å². The van der Waals surface area contributed by atoms with Gasteiger partial charge in [0, 0.05) is 21.5 Å². The molecule has 0 bridgehead atoms. The van der Waals surface area contributed by atoms with Crippen molar-refractivity contribution in [3.63, 3.8) is 0 Å². The molecular weight excluding hydrogens is 331 g/mol. The number of amides is 1. The number of thiophene rings is 2. The van der Waals surface area contributed by atoms with Gasteiger partial charge in [-0.25, -0.2) is 4.39 Å². The van der Waals surface area contributed by atoms with Gasteiger partial charge < -0.3 is 10.2 Å². The SMILES string of the molecule is CN(C)[C@@H](CNC(=O)c1cc2c(F)cccc2s1)c1cccs1. The van der Waals surface area contributed by atoms with Crippen molar-refractivity contribution in [3.8, 4) is 0 Å². The van der Waals surface area contributed by atoms with Gasteiger partial charge in [0.1, 0.15) is 5.82 Å². The molecule has 3 nitrogen and oxygen atoms in total. The first kappa shape index (κ1) is 16.1. The van der Waals surface area contributed by atoms with Crippen LogP contribution in [0.15, 0.2) is 41.8 Å². The van der Waals surface area contributed by atoms with E-state index < -0.39 is 0 Å². The first-order valence-electron chi connectivity index (χ1n) is 7.22. The van der Waals surface area contributed by atoms with Gasteiger partial charge in [-0.3, -0.25) is 4.79 Å². The molecule has 2 heterocycles. The second kappa shape index (κ2) is 6.78. The lowest BCUT2D eigenvalue weighted by atomic mass is 10.2. The number of fused-ring (bicyclic) bond motifs is 1. The van der Waals surface area contributed by atoms with Crippen LogP contribution >= 0.6 is 22.7 Å². The Labute approximate surface area is 142 Å². The normalized spacial score (nSPS) is 12.7. The third-order valence-corrected chi connectivity index (χ3v) is 5.76. The number of likely N-dealkylation sites (N-methyl/N-ethyl adjacent to an activating group) is 1. The van der Waals surface area contributed by atoms with E-state index in [2.05, 4.69) is 16.3 Å². The Bertz CT molecular complexity index is 811. The molecule has 1 N–H and O–H groups in total. The lowest BCUT2D eigenvalue weighted by Crippen LogP contribution is -2.33. The zero-order chi connectivity index (χ0) is 16.4. The maximum atomic E-state index is 13.7. The molecule has 120 valence electrons. The number of carbonyl (C=O) groups is 1. The lowest BCUT2D eigenvalue weighted by molar-refractivity contribution is 0.0946. The summed E-state index contributed by atoms with van der Waals surface area (Å²) in [6, 6.07) is 10.7. The molecule has 0 radical (unpaired) electrons. The molecule has 0 aliphatic carbocycles. The summed E-state index contributed by atoms with van der Waals surface area (Å²) < 4.78 is 14.5. The van der Waals surface area contributed by atoms with Crippen molar-refractivity contribution < 1.29 is 9.18 Å². The van der Waals surface area contributed by atoms with E-state index in [1.54, 1.807) is 23.5 Å². The number of hydrogen-bond acceptors (Lipinski definition) is 4. The van der Waals surface area contributed by atoms with Crippen LogP contribution in [0.25, 0.3) is 10.1 Å². The second-order valence-electron chi connectivity index (χ2n) is 5.47. The molecule has 0 unspecified atom stereocenters. The second-order valence-corrected chi connectivity index (χ2v) is 7.53. The average molecular weight is 348 g/mol. The number of halogens is 1. The maximum absolute atomic E-state index is 13.7. The van der Waals surface area contributed by atoms with Crippen LogP contribution < -0.4 is 5.32 Å². The van der Waals surface area contributed by atoms with E-state index in [0.29, 0.717) is 16.8 Å². The molecule has 0 spiro atoms. The minimum absolute atomic E-state index is 0.130. The summed E-state index contributed by atoms with van der Waals surface area (Å²) in [6.45, 7) is 0.517. The molecule has 2 aromatic heterocycles. The topological polar surface area (TPSA) is 32.3 Å². The summed E-state index contributed by atoms with van der Waals surface area (Å²) in [5, 5.41) is 5.50. The Morgan fingerprint density at radius 2 is 2.13 bits per heavy atom. The number of nitrogens with zero attached hydrogens (tertiary/aromatic N) is 1. The fraction of sp³-hybridized carbons (Fsp3) is 0.235. The fourth-order valence-electron chi connectivity index (χ4n) is 2.43. The highest BCUT2D eigenvalue weighted by Gasteiger charge is 2.18. The predicted molar refractivity (Wildman–Crippen MR) is 94.9 cm³/mol. The molecule has 0 saturated heterocycles. The summed E-state index contributed by atoms with van der Waals surface area (Å²) in [7, 11) is 3.98. The minimum Gasteiger partial charge on any atom is -0.349 e. The molecule has 0 aliphatic heterocycles. The molecule has 23 heavy (non-hydrogen) atoms. The van der Waals surface area contributed by atoms with Crippen LogP contribution in [-0.4, -0.2) is 31.4 Å². The van der Waals surface area contributed by atoms with Gasteiger partial charge in [0.25, 0.3) is 5.91 Å². The quantitative estimate of drug-likeness (QED) is 0.752. The third kappa shape index (κ3) is 3.44. The first-order valence-corrected chi connectivity index (χ1v) is 8.92. The number of benzene rings is 1. The predicted octanol–water partition coefficient (Wildman–Crippen LogP) is 4.13. The number of hydrogen-bond donors (Lipinski definition) is 1. The van der Waals surface area contributed by atoms with Crippen molar-refractivity contribution in [2.75, 3.05) is 20.6 Å². The fourth-order valence-corrected chi connectivity index (χ4v) is 4.35. The van der Waals surface area contributed by atoms with Crippen LogP contribution in [-0.2, 0) is 0 Å². The van der Waals surface area contributed by atoms with E-state index in [1.807, 2.05) is 31.6 Å². The smallest absolute Gasteiger partial charge is 0.261 e. The number of carbonyl (C=O) groups excluding carboxylic acids is 1. The molecule has 3 rings (SSSR count). The highest BCUT2D eigenvalue weighted by molar-refractivity contribution is 7.20. The van der Waals surface area contributed by atoms with Crippen molar-refractivity contribution in [2.45, 2.75) is 6.04 Å². The summed E-state index contributed by atoms with van der Waals surface area (Å²) in [4.78, 5) is 16.2. The molecule has 0 saturated carbocycles. The molecule has 1 amide bonds. The summed E-state index contributed by atoms with van der Waals surface area (Å²) in [5.74, 6) is -0.448. The molecule has 1 aromatic carbocycles. The highest BCUT2D eigenvalue weighted by Crippen LogP contribution is 2.28. The lowest BCUT2D eigenvalue weighted by Gasteiger charge is -2.23. The van der Waals surface area contributed by atoms with E-state index in [9.17, 15) is 9.18 Å². The van der Waals surface area contributed by atoms with Gasteiger partial charge in [0.2, 0.25) is 0 Å². The monoisotopic (exact) mass is 348 g/mol. The zero-order valence-electron chi connectivity index (χ0n) is 12.9. The standard InChI is InChI=1S/C17H17FN2OS2/c1-20(2)13(15-7-4-8-22-15)10-19-17(21)16-9-11-12(18)5-3-6-14(11)23-16/h3-9,13H,10H2,1-2H3,(H,19,21)/t13-/m0/s1. The van der Waals surface area contributed by atoms with Gasteiger partial charge in [-0.2, -0.15) is 0 Å². The molecule has 6 heteroatoms. The van der Waals surface area contributed by atoms with Gasteiger partial charge in [0.15, 0.2) is 0 Å². The van der Waals surface area contributed by atoms with Crippen LogP contribution in [0.1, 0.15) is 20.6 Å². The van der Waals surface area contributed by atoms with Gasteiger partial charge in [0.05, 0.1) is 10.9 Å². The Morgan fingerprint density at radius 1 is 1.30 bits per heavy atom. The Morgan fingerprint density at radius 3 is 2.78 bits per heavy atom. The Kier molecular flexibility index (Phi) is 4.75. The van der Waals surface area contributed by atoms with Gasteiger partial charge in [-0.05, 0) is 43.7 Å². The van der Waals surface area contributed by atoms with Crippen LogP contribution in [0.2, 0.25) is 0 Å². The molecule has 0 fully saturated rings. The number of rotatable bonds is 5. The highest BCUT2D eigenvalue weighted by atomic mass is 32.1. The third-order valence-electron chi connectivity index (χ3n) is 3.68. The van der Waals surface area contributed by atoms with Gasteiger partial charge in [-0.1, -0.05) is 12.1 Å². The molecular formula is C17H17FN2OS2. The van der Waals surface area contributed by atoms with Crippen LogP contribution in [0, 0.1) is 5.82 Å². The summed E-state index contributed by atoms with van der Waals surface area (Å²) in [6.07, 6.45) is 0. The largest absolute Gasteiger partial charge is 0.349 e. The summed E-state index contributed by atoms with van der Waals surface area (Å²) in [5.41, 5.74) is 0. The molecule has 3 aromatic rings. The molecule has 0 aliphatic rings. The van der Waals surface area contributed by atoms with E-state index in [-0.39, 0.29) is 17.8 Å². The van der Waals surface area contributed by atoms with Crippen LogP contribution in [0.5, 0.6) is 0 Å². The van der Waals surface area contributed by atoms with Crippen molar-refractivity contribution in [2.24, 2.45) is 0 Å². The van der Waals surface area contributed by atoms with Crippen molar-refractivity contribution >= 4 is 38.7 Å². The summed E-state index contributed by atoms with van der Waals surface area (Å²) >= 11 is 2.99. The minimum atomic E-state index is -0.289. The van der Waals surface area contributed by atoms with E-state index in [1.165, 1.54) is 22.3 Å². The van der Waals surface area contributed by atoms with E-state index in [4.69, 9.17) is 0 Å². The maximum Gasteiger partial charge on any atom is 0.261 e. The first-order chi connectivity index (χ1) is 11.1. The van der Waals surface area contributed by atoms with Gasteiger partial charge in [-0.15, -0.1) is 22.7 Å². The van der Waals surface area contributed by atoms with E-state index in [0.717, 1.165) is 4.70 Å². The molecule has 1 atom stereocenters. The number of nitrogens with one attached hydrogen (secondary N) is 1. The van der Waals surface area contributed by atoms with E-state index >= 15 is 0 Å². The van der Waals surface area contributed by atoms with Crippen LogP contribution in [0.4, 0.5) is 4.39 Å². The van der Waals surface area contributed by atoms with Crippen molar-refractivity contribution in [1.82, 2.24) is 10.2 Å². The van der Waals surface area contributed by atoms with Crippen molar-refractivity contribution in [3.05, 3.63) is 57.3 Å². The zero-order valence-corrected chi connectivity index (χ0v) is 14.5. The Balaban J connectivity index is 1.74. The Hall–Kier alpha value is -1.76. The average Bonchev–Trinajstić information content (AvgIpc) is 3.16. The van der Waals surface area contributed by atoms with Crippen molar-refractivity contribution in [1.29, 1.82) is 0 Å².